The molecule has 0 aliphatic carbocycles. The molecule has 1 amide bonds. The number of hydrogen-bond donors (Lipinski definition) is 1. The van der Waals surface area contributed by atoms with E-state index in [9.17, 15) is 4.79 Å². The number of carbonyl (C=O) groups excluding carboxylic acids is 1. The number of carbonyl (C=O) groups is 1. The van der Waals surface area contributed by atoms with Crippen LogP contribution in [0.1, 0.15) is 46.5 Å². The second-order valence-corrected chi connectivity index (χ2v) is 4.24. The van der Waals surface area contributed by atoms with Crippen molar-refractivity contribution >= 4 is 17.2 Å². The molecule has 2 rings (SSSR count). The van der Waals surface area contributed by atoms with E-state index < -0.39 is 0 Å². The first-order valence-electron chi connectivity index (χ1n) is 7.35. The molecule has 0 unspecified atom stereocenters. The minimum atomic E-state index is -0.200. The third-order valence-electron chi connectivity index (χ3n) is 2.18. The molecule has 2 aromatic heterocycles. The van der Waals surface area contributed by atoms with Crippen LogP contribution in [0.2, 0.25) is 0 Å². The number of aromatic nitrogens is 2. The first-order valence-corrected chi connectivity index (χ1v) is 8.23. The van der Waals surface area contributed by atoms with Gasteiger partial charge in [0.25, 0.3) is 5.91 Å². The second-order valence-electron chi connectivity index (χ2n) is 3.38. The van der Waals surface area contributed by atoms with E-state index in [2.05, 4.69) is 27.1 Å². The lowest BCUT2D eigenvalue weighted by atomic mass is 10.3. The van der Waals surface area contributed by atoms with E-state index in [0.29, 0.717) is 12.2 Å². The van der Waals surface area contributed by atoms with Crippen molar-refractivity contribution in [3.63, 3.8) is 0 Å². The molecule has 22 heavy (non-hydrogen) atoms. The minimum Gasteiger partial charge on any atom is -0.340 e. The van der Waals surface area contributed by atoms with Crippen LogP contribution in [0.15, 0.2) is 29.9 Å². The number of thiazole rings is 1. The van der Waals surface area contributed by atoms with Crippen molar-refractivity contribution in [3.05, 3.63) is 35.6 Å². The first kappa shape index (κ1) is 19.8. The number of amides is 1. The van der Waals surface area contributed by atoms with Gasteiger partial charge in [0.2, 0.25) is 0 Å². The van der Waals surface area contributed by atoms with Gasteiger partial charge in [0.1, 0.15) is 10.7 Å². The van der Waals surface area contributed by atoms with E-state index in [0.717, 1.165) is 10.6 Å². The Balaban J connectivity index is 0. The maximum atomic E-state index is 11.7. The fourth-order valence-corrected chi connectivity index (χ4v) is 2.11. The van der Waals surface area contributed by atoms with Gasteiger partial charge in [-0.3, -0.25) is 9.78 Å². The molecular formula is C17H25N3OS. The number of nitrogens with zero attached hydrogens (tertiary/aromatic N) is 2. The standard InChI is InChI=1S/C13H11N3OS.2C2H6.H2/c1-2-3-6-15-12(17)11-9-18-13(16-11)10-4-7-14-8-5-10;2*1-2;/h4-5,7-9H,6H2,1H3,(H,15,17);2*1-2H3;1H. The summed E-state index contributed by atoms with van der Waals surface area (Å²) in [6, 6.07) is 3.73. The van der Waals surface area contributed by atoms with E-state index in [1.165, 1.54) is 11.3 Å². The van der Waals surface area contributed by atoms with Gasteiger partial charge in [0.05, 0.1) is 6.54 Å². The Morgan fingerprint density at radius 3 is 2.50 bits per heavy atom. The third-order valence-corrected chi connectivity index (χ3v) is 3.07. The third kappa shape index (κ3) is 6.51. The summed E-state index contributed by atoms with van der Waals surface area (Å²) in [5.41, 5.74) is 1.38. The van der Waals surface area contributed by atoms with Crippen LogP contribution >= 0.6 is 11.3 Å². The molecule has 0 bridgehead atoms. The number of pyridine rings is 1. The molecule has 0 aromatic carbocycles. The van der Waals surface area contributed by atoms with Crippen LogP contribution in [0.4, 0.5) is 0 Å². The van der Waals surface area contributed by atoms with Crippen molar-refractivity contribution in [3.8, 4) is 22.4 Å². The van der Waals surface area contributed by atoms with Gasteiger partial charge in [-0.15, -0.1) is 17.3 Å². The molecule has 0 spiro atoms. The maximum absolute atomic E-state index is 11.7. The van der Waals surface area contributed by atoms with E-state index in [4.69, 9.17) is 0 Å². The van der Waals surface area contributed by atoms with Crippen molar-refractivity contribution < 1.29 is 6.22 Å². The van der Waals surface area contributed by atoms with Crippen LogP contribution in [-0.4, -0.2) is 22.4 Å². The lowest BCUT2D eigenvalue weighted by molar-refractivity contribution is 0.0954. The van der Waals surface area contributed by atoms with Crippen molar-refractivity contribution in [2.24, 2.45) is 0 Å². The average Bonchev–Trinajstić information content (AvgIpc) is 3.10. The molecule has 2 heterocycles. The van der Waals surface area contributed by atoms with Gasteiger partial charge in [-0.05, 0) is 19.1 Å². The van der Waals surface area contributed by atoms with E-state index in [-0.39, 0.29) is 7.33 Å². The van der Waals surface area contributed by atoms with Gasteiger partial charge in [0, 0.05) is 24.8 Å². The summed E-state index contributed by atoms with van der Waals surface area (Å²) in [5.74, 6) is 5.29. The van der Waals surface area contributed by atoms with Gasteiger partial charge in [-0.2, -0.15) is 0 Å². The average molecular weight is 319 g/mol. The Bertz CT molecular complexity index is 603. The monoisotopic (exact) mass is 319 g/mol. The largest absolute Gasteiger partial charge is 0.340 e. The number of rotatable bonds is 3. The lowest BCUT2D eigenvalue weighted by Gasteiger charge is -1.96. The Labute approximate surface area is 138 Å². The van der Waals surface area contributed by atoms with E-state index in [1.54, 1.807) is 24.7 Å². The van der Waals surface area contributed by atoms with Crippen molar-refractivity contribution in [2.75, 3.05) is 6.54 Å². The SMILES string of the molecule is CC.CC.CC#CCNC(=O)c1csc(-c2ccncc2)n1.[HH]. The highest BCUT2D eigenvalue weighted by Gasteiger charge is 2.10. The molecule has 2 aromatic rings. The van der Waals surface area contributed by atoms with E-state index >= 15 is 0 Å². The van der Waals surface area contributed by atoms with Crippen LogP contribution < -0.4 is 5.32 Å². The molecule has 120 valence electrons. The quantitative estimate of drug-likeness (QED) is 0.860. The summed E-state index contributed by atoms with van der Waals surface area (Å²) in [6.45, 7) is 10.1. The summed E-state index contributed by atoms with van der Waals surface area (Å²) in [4.78, 5) is 20.0. The minimum absolute atomic E-state index is 0. The molecule has 0 aliphatic rings. The van der Waals surface area contributed by atoms with E-state index in [1.807, 2.05) is 39.8 Å². The summed E-state index contributed by atoms with van der Waals surface area (Å²) in [7, 11) is 0. The molecule has 0 fully saturated rings. The topological polar surface area (TPSA) is 54.9 Å². The number of nitrogens with one attached hydrogen (secondary N) is 1. The highest BCUT2D eigenvalue weighted by atomic mass is 32.1. The number of hydrogen-bond acceptors (Lipinski definition) is 4. The molecule has 5 heteroatoms. The molecule has 0 aliphatic heterocycles. The zero-order valence-corrected chi connectivity index (χ0v) is 14.6. The van der Waals surface area contributed by atoms with Crippen molar-refractivity contribution in [1.29, 1.82) is 0 Å². The Hall–Kier alpha value is -2.19. The van der Waals surface area contributed by atoms with Crippen molar-refractivity contribution in [1.82, 2.24) is 15.3 Å². The predicted molar refractivity (Wildman–Crippen MR) is 95.9 cm³/mol. The predicted octanol–water partition coefficient (Wildman–Crippen LogP) is 4.26. The summed E-state index contributed by atoms with van der Waals surface area (Å²) >= 11 is 1.43. The maximum Gasteiger partial charge on any atom is 0.271 e. The van der Waals surface area contributed by atoms with Crippen molar-refractivity contribution in [2.45, 2.75) is 34.6 Å². The fraction of sp³-hybridized carbons (Fsp3) is 0.353. The summed E-state index contributed by atoms with van der Waals surface area (Å²) in [5, 5.41) is 5.23. The Morgan fingerprint density at radius 2 is 1.91 bits per heavy atom. The zero-order chi connectivity index (χ0) is 16.8. The van der Waals surface area contributed by atoms with Gasteiger partial charge >= 0.3 is 0 Å². The first-order chi connectivity index (χ1) is 10.8. The Morgan fingerprint density at radius 1 is 1.27 bits per heavy atom. The lowest BCUT2D eigenvalue weighted by Crippen LogP contribution is -2.23. The zero-order valence-electron chi connectivity index (χ0n) is 13.8. The molecule has 1 N–H and O–H groups in total. The van der Waals surface area contributed by atoms with Crippen LogP contribution in [0.5, 0.6) is 0 Å². The summed E-state index contributed by atoms with van der Waals surface area (Å²) in [6.07, 6.45) is 3.40. The van der Waals surface area contributed by atoms with Gasteiger partial charge in [0.15, 0.2) is 0 Å². The molecular weight excluding hydrogens is 294 g/mol. The van der Waals surface area contributed by atoms with Crippen LogP contribution in [0.25, 0.3) is 10.6 Å². The van der Waals surface area contributed by atoms with Crippen LogP contribution in [-0.2, 0) is 0 Å². The van der Waals surface area contributed by atoms with Gasteiger partial charge in [-0.1, -0.05) is 33.6 Å². The molecule has 0 saturated carbocycles. The van der Waals surface area contributed by atoms with Crippen LogP contribution in [0, 0.1) is 11.8 Å². The highest BCUT2D eigenvalue weighted by Crippen LogP contribution is 2.22. The Kier molecular flexibility index (Phi) is 11.3. The van der Waals surface area contributed by atoms with Gasteiger partial charge < -0.3 is 5.32 Å². The second kappa shape index (κ2) is 12.5. The molecule has 0 atom stereocenters. The normalized spacial score (nSPS) is 8.23. The summed E-state index contributed by atoms with van der Waals surface area (Å²) < 4.78 is 0. The van der Waals surface area contributed by atoms with Gasteiger partial charge in [-0.25, -0.2) is 4.98 Å². The molecule has 4 nitrogen and oxygen atoms in total. The molecule has 0 saturated heterocycles. The molecule has 0 radical (unpaired) electrons. The highest BCUT2D eigenvalue weighted by molar-refractivity contribution is 7.13. The smallest absolute Gasteiger partial charge is 0.271 e. The van der Waals surface area contributed by atoms with Crippen LogP contribution in [0.3, 0.4) is 0 Å². The fourth-order valence-electron chi connectivity index (χ4n) is 1.31.